The number of phenols is 2. The van der Waals surface area contributed by atoms with E-state index in [1.54, 1.807) is 36.4 Å². The number of allylic oxidation sites excluding steroid dienone is 2. The molecule has 4 aromatic rings. The molecule has 4 aromatic carbocycles. The van der Waals surface area contributed by atoms with E-state index in [0.717, 1.165) is 22.0 Å². The van der Waals surface area contributed by atoms with Crippen LogP contribution in [-0.2, 0) is 24.6 Å². The highest BCUT2D eigenvalue weighted by Crippen LogP contribution is 2.64. The predicted molar refractivity (Wildman–Crippen MR) is 191 cm³/mol. The molecular weight excluding hydrogens is 721 g/mol. The van der Waals surface area contributed by atoms with Gasteiger partial charge < -0.3 is 20.1 Å². The number of aromatic carboxylic acids is 1. The number of nitrogens with one attached hydrogen (secondary N) is 1. The van der Waals surface area contributed by atoms with Gasteiger partial charge in [0.15, 0.2) is 11.5 Å². The molecule has 6 atom stereocenters. The van der Waals surface area contributed by atoms with Crippen LogP contribution in [0, 0.1) is 29.5 Å². The maximum Gasteiger partial charge on any atom is 0.339 e. The third kappa shape index (κ3) is 5.06. The molecule has 54 heavy (non-hydrogen) atoms. The summed E-state index contributed by atoms with van der Waals surface area (Å²) in [6, 6.07) is 19.8. The summed E-state index contributed by atoms with van der Waals surface area (Å²) in [5.41, 5.74) is 2.58. The average Bonchev–Trinajstić information content (AvgIpc) is 3.53. The van der Waals surface area contributed by atoms with Crippen LogP contribution in [0.3, 0.4) is 0 Å². The predicted octanol–water partition coefficient (Wildman–Crippen LogP) is 5.79. The number of anilines is 2. The van der Waals surface area contributed by atoms with Gasteiger partial charge in [-0.25, -0.2) is 14.1 Å². The van der Waals surface area contributed by atoms with E-state index < -0.39 is 81.7 Å². The molecule has 0 radical (unpaired) electrons. The Kier molecular flexibility index (Phi) is 8.22. The maximum atomic E-state index is 15.2. The molecule has 2 aliphatic heterocycles. The van der Waals surface area contributed by atoms with E-state index >= 15 is 4.79 Å². The van der Waals surface area contributed by atoms with E-state index in [1.165, 1.54) is 43.5 Å². The number of carboxylic acids is 1. The quantitative estimate of drug-likeness (QED) is 0.134. The molecule has 4 aliphatic rings. The molecule has 0 spiro atoms. The highest BCUT2D eigenvalue weighted by atomic mass is 35.5. The molecular formula is C40H31ClFN3O9. The molecule has 4 N–H and O–H groups in total. The number of carboxylic acid groups (broad SMARTS) is 1. The molecule has 2 heterocycles. The molecule has 8 rings (SSSR count). The van der Waals surface area contributed by atoms with Crippen molar-refractivity contribution in [3.63, 3.8) is 0 Å². The van der Waals surface area contributed by atoms with Crippen LogP contribution in [0.1, 0.15) is 40.2 Å². The van der Waals surface area contributed by atoms with Gasteiger partial charge in [-0.05, 0) is 90.6 Å². The molecule has 0 aromatic heterocycles. The molecule has 12 nitrogen and oxygen atoms in total. The summed E-state index contributed by atoms with van der Waals surface area (Å²) in [6.45, 7) is 0. The van der Waals surface area contributed by atoms with Gasteiger partial charge in [0.05, 0.1) is 41.7 Å². The Bertz CT molecular complexity index is 2310. The van der Waals surface area contributed by atoms with E-state index in [9.17, 15) is 38.9 Å². The number of rotatable bonds is 7. The summed E-state index contributed by atoms with van der Waals surface area (Å²) in [7, 11) is 1.39. The van der Waals surface area contributed by atoms with Crippen LogP contribution in [0.4, 0.5) is 15.8 Å². The minimum Gasteiger partial charge on any atom is -0.507 e. The first-order valence-electron chi connectivity index (χ1n) is 17.0. The van der Waals surface area contributed by atoms with Crippen molar-refractivity contribution in [1.29, 1.82) is 0 Å². The van der Waals surface area contributed by atoms with E-state index in [-0.39, 0.29) is 35.7 Å². The number of fused-ring (bicyclic) bond motifs is 4. The summed E-state index contributed by atoms with van der Waals surface area (Å²) < 4.78 is 19.2. The van der Waals surface area contributed by atoms with Crippen LogP contribution < -0.4 is 15.1 Å². The zero-order chi connectivity index (χ0) is 38.2. The number of imide groups is 2. The van der Waals surface area contributed by atoms with E-state index in [4.69, 9.17) is 16.3 Å². The normalized spacial score (nSPS) is 25.9. The second-order valence-corrected chi connectivity index (χ2v) is 14.3. The lowest BCUT2D eigenvalue weighted by molar-refractivity contribution is -0.138. The van der Waals surface area contributed by atoms with Crippen molar-refractivity contribution in [1.82, 2.24) is 5.01 Å². The molecule has 4 amide bonds. The van der Waals surface area contributed by atoms with Crippen LogP contribution in [0.15, 0.2) is 96.6 Å². The summed E-state index contributed by atoms with van der Waals surface area (Å²) in [4.78, 5) is 70.9. The van der Waals surface area contributed by atoms with Crippen LogP contribution in [0.2, 0.25) is 5.02 Å². The van der Waals surface area contributed by atoms with Crippen molar-refractivity contribution >= 4 is 52.6 Å². The number of hydrogen-bond acceptors (Lipinski definition) is 9. The zero-order valence-corrected chi connectivity index (χ0v) is 29.2. The van der Waals surface area contributed by atoms with Gasteiger partial charge in [-0.1, -0.05) is 41.4 Å². The molecule has 2 aliphatic carbocycles. The number of methoxy groups -OCH3 is 1. The minimum atomic E-state index is -1.66. The molecule has 0 bridgehead atoms. The Balaban J connectivity index is 1.31. The zero-order valence-electron chi connectivity index (χ0n) is 28.4. The van der Waals surface area contributed by atoms with Crippen LogP contribution >= 0.6 is 11.6 Å². The SMILES string of the molecule is COc1ccc(C2C3=CCC4C(=O)N(c5ccc(C(=O)O)c(O)c5)C(=O)C4C3CC3C(=O)N(Nc4ccc(F)cc4)C(=O)C32c2ccc(Cl)cc2)cc1O. The van der Waals surface area contributed by atoms with Crippen molar-refractivity contribution < 1.29 is 48.4 Å². The van der Waals surface area contributed by atoms with Gasteiger partial charge in [-0.2, -0.15) is 5.01 Å². The number of phenolic OH excluding ortho intramolecular Hbond substituents is 1. The summed E-state index contributed by atoms with van der Waals surface area (Å²) in [5.74, 6) is -9.68. The van der Waals surface area contributed by atoms with Crippen molar-refractivity contribution in [2.45, 2.75) is 24.2 Å². The van der Waals surface area contributed by atoms with Gasteiger partial charge in [0, 0.05) is 17.0 Å². The maximum absolute atomic E-state index is 15.2. The Labute approximate surface area is 312 Å². The van der Waals surface area contributed by atoms with Crippen molar-refractivity contribution in [2.24, 2.45) is 23.7 Å². The number of carbonyl (C=O) groups excluding carboxylic acids is 4. The first-order chi connectivity index (χ1) is 25.9. The molecule has 274 valence electrons. The van der Waals surface area contributed by atoms with Crippen LogP contribution in [0.5, 0.6) is 17.2 Å². The first kappa shape index (κ1) is 34.9. The van der Waals surface area contributed by atoms with Gasteiger partial charge in [0.2, 0.25) is 11.8 Å². The average molecular weight is 752 g/mol. The number of hydrogen-bond donors (Lipinski definition) is 4. The number of hydrazine groups is 1. The lowest BCUT2D eigenvalue weighted by atomic mass is 9.49. The Hall–Kier alpha value is -6.21. The van der Waals surface area contributed by atoms with Gasteiger partial charge >= 0.3 is 5.97 Å². The molecule has 6 unspecified atom stereocenters. The number of amides is 4. The second kappa shape index (κ2) is 12.7. The van der Waals surface area contributed by atoms with Gasteiger partial charge in [0.25, 0.3) is 11.8 Å². The van der Waals surface area contributed by atoms with Gasteiger partial charge in [-0.3, -0.25) is 24.6 Å². The Morgan fingerprint density at radius 3 is 2.26 bits per heavy atom. The molecule has 1 saturated carbocycles. The number of nitrogens with zero attached hydrogens (tertiary/aromatic N) is 2. The minimum absolute atomic E-state index is 0.00630. The molecule has 3 fully saturated rings. The Morgan fingerprint density at radius 2 is 1.61 bits per heavy atom. The van der Waals surface area contributed by atoms with Crippen molar-refractivity contribution in [2.75, 3.05) is 17.4 Å². The highest BCUT2D eigenvalue weighted by molar-refractivity contribution is 6.30. The van der Waals surface area contributed by atoms with Crippen LogP contribution in [0.25, 0.3) is 0 Å². The van der Waals surface area contributed by atoms with Crippen molar-refractivity contribution in [3.05, 3.63) is 124 Å². The number of aromatic hydroxyl groups is 2. The standard InChI is InChI=1S/C40H31ClFN3O9/c1-54-32-15-2-19(16-31(32)47)34-25-13-14-27-33(37(50)44(35(27)48)24-11-12-26(38(51)52)30(46)17-24)28(25)18-29-36(49)45(43-23-9-7-22(42)8-10-23)39(53)40(29,34)20-3-5-21(41)6-4-20/h2-13,15-17,27-29,33-34,43,46-47H,14,18H2,1H3,(H,51,52). The van der Waals surface area contributed by atoms with E-state index in [1.807, 2.05) is 6.08 Å². The van der Waals surface area contributed by atoms with E-state index in [0.29, 0.717) is 21.7 Å². The number of carbonyl (C=O) groups is 5. The van der Waals surface area contributed by atoms with Gasteiger partial charge in [0.1, 0.15) is 17.1 Å². The monoisotopic (exact) mass is 751 g/mol. The largest absolute Gasteiger partial charge is 0.507 e. The smallest absolute Gasteiger partial charge is 0.339 e. The molecule has 2 saturated heterocycles. The first-order valence-corrected chi connectivity index (χ1v) is 17.4. The number of benzene rings is 4. The fourth-order valence-corrected chi connectivity index (χ4v) is 9.14. The number of ether oxygens (including phenoxy) is 1. The van der Waals surface area contributed by atoms with E-state index in [2.05, 4.69) is 5.43 Å². The molecule has 14 heteroatoms. The fourth-order valence-electron chi connectivity index (χ4n) is 9.01. The Morgan fingerprint density at radius 1 is 0.889 bits per heavy atom. The van der Waals surface area contributed by atoms with Crippen molar-refractivity contribution in [3.8, 4) is 17.2 Å². The topological polar surface area (TPSA) is 174 Å². The number of halogens is 2. The highest BCUT2D eigenvalue weighted by Gasteiger charge is 2.70. The third-order valence-electron chi connectivity index (χ3n) is 11.3. The fraction of sp³-hybridized carbons (Fsp3) is 0.225. The lowest BCUT2D eigenvalue weighted by Gasteiger charge is -2.50. The lowest BCUT2D eigenvalue weighted by Crippen LogP contribution is -2.53. The summed E-state index contributed by atoms with van der Waals surface area (Å²) in [5, 5.41) is 32.2. The summed E-state index contributed by atoms with van der Waals surface area (Å²) >= 11 is 6.33. The van der Waals surface area contributed by atoms with Crippen LogP contribution in [-0.4, -0.2) is 57.0 Å². The third-order valence-corrected chi connectivity index (χ3v) is 11.5. The second-order valence-electron chi connectivity index (χ2n) is 13.8. The van der Waals surface area contributed by atoms with Gasteiger partial charge in [-0.15, -0.1) is 0 Å². The summed E-state index contributed by atoms with van der Waals surface area (Å²) in [6.07, 6.45) is 1.89.